The highest BCUT2D eigenvalue weighted by atomic mass is 16.3. The Morgan fingerprint density at radius 3 is 2.19 bits per heavy atom. The van der Waals surface area contributed by atoms with Crippen LogP contribution < -0.4 is 0 Å². The Bertz CT molecular complexity index is 820. The summed E-state index contributed by atoms with van der Waals surface area (Å²) in [7, 11) is 0. The van der Waals surface area contributed by atoms with Crippen molar-refractivity contribution in [3.05, 3.63) is 11.6 Å². The van der Waals surface area contributed by atoms with Gasteiger partial charge in [-0.25, -0.2) is 0 Å². The Kier molecular flexibility index (Phi) is 4.87. The molecule has 0 aromatic carbocycles. The third-order valence-corrected chi connectivity index (χ3v) is 13.4. The lowest BCUT2D eigenvalue weighted by Crippen LogP contribution is -2.66. The molecule has 2 heteroatoms. The molecule has 182 valence electrons. The van der Waals surface area contributed by atoms with Crippen LogP contribution in [-0.4, -0.2) is 21.9 Å². The summed E-state index contributed by atoms with van der Waals surface area (Å²) in [5.41, 5.74) is 2.01. The van der Waals surface area contributed by atoms with E-state index >= 15 is 0 Å². The summed E-state index contributed by atoms with van der Waals surface area (Å²) < 4.78 is 0. The summed E-state index contributed by atoms with van der Waals surface area (Å²) in [5, 5.41) is 22.8. The third-order valence-electron chi connectivity index (χ3n) is 13.4. The number of allylic oxidation sites excluding steroid dienone is 1. The van der Waals surface area contributed by atoms with Gasteiger partial charge < -0.3 is 10.2 Å². The summed E-state index contributed by atoms with van der Waals surface area (Å²) in [4.78, 5) is 0. The standard InChI is InChI=1S/C30H50O2/c1-19-11-14-26(4)17-18-28(6)20(24(26)30(19,8)32)9-10-22-27(5)15-13-23(31)25(2,3)21(27)12-16-29(22,28)7/h9,19,21-24,31-32H,10-18H2,1-8H3. The van der Waals surface area contributed by atoms with Gasteiger partial charge in [0.1, 0.15) is 0 Å². The first-order valence-corrected chi connectivity index (χ1v) is 13.8. The van der Waals surface area contributed by atoms with E-state index in [9.17, 15) is 10.2 Å². The molecule has 5 aliphatic carbocycles. The van der Waals surface area contributed by atoms with E-state index in [1.165, 1.54) is 32.1 Å². The molecule has 4 fully saturated rings. The lowest BCUT2D eigenvalue weighted by molar-refractivity contribution is -0.212. The van der Waals surface area contributed by atoms with Crippen LogP contribution in [0.5, 0.6) is 0 Å². The lowest BCUT2D eigenvalue weighted by Gasteiger charge is -2.72. The molecular formula is C30H50O2. The van der Waals surface area contributed by atoms with Gasteiger partial charge in [0.2, 0.25) is 0 Å². The Morgan fingerprint density at radius 2 is 1.50 bits per heavy atom. The van der Waals surface area contributed by atoms with Crippen molar-refractivity contribution in [2.75, 3.05) is 0 Å². The summed E-state index contributed by atoms with van der Waals surface area (Å²) >= 11 is 0. The summed E-state index contributed by atoms with van der Waals surface area (Å²) in [6.07, 6.45) is 13.2. The van der Waals surface area contributed by atoms with E-state index in [0.29, 0.717) is 29.1 Å². The van der Waals surface area contributed by atoms with Crippen molar-refractivity contribution in [2.24, 2.45) is 50.7 Å². The highest BCUT2D eigenvalue weighted by Crippen LogP contribution is 2.75. The number of aliphatic hydroxyl groups is 2. The molecule has 0 aliphatic heterocycles. The minimum atomic E-state index is -0.609. The molecule has 0 saturated heterocycles. The van der Waals surface area contributed by atoms with E-state index in [1.807, 2.05) is 0 Å². The van der Waals surface area contributed by atoms with Crippen LogP contribution >= 0.6 is 0 Å². The van der Waals surface area contributed by atoms with Crippen LogP contribution in [-0.2, 0) is 0 Å². The van der Waals surface area contributed by atoms with Gasteiger partial charge in [-0.05, 0) is 110 Å². The first kappa shape index (κ1) is 23.4. The average Bonchev–Trinajstić information content (AvgIpc) is 2.69. The zero-order chi connectivity index (χ0) is 23.5. The molecule has 0 amide bonds. The fourth-order valence-corrected chi connectivity index (χ4v) is 10.9. The van der Waals surface area contributed by atoms with Crippen molar-refractivity contribution in [1.82, 2.24) is 0 Å². The summed E-state index contributed by atoms with van der Waals surface area (Å²) in [6, 6.07) is 0. The predicted octanol–water partition coefficient (Wildman–Crippen LogP) is 7.14. The molecule has 4 saturated carbocycles. The van der Waals surface area contributed by atoms with Gasteiger partial charge in [0.05, 0.1) is 11.7 Å². The number of aliphatic hydroxyl groups excluding tert-OH is 1. The highest BCUT2D eigenvalue weighted by Gasteiger charge is 2.69. The fraction of sp³-hybridized carbons (Fsp3) is 0.933. The first-order chi connectivity index (χ1) is 14.6. The van der Waals surface area contributed by atoms with Crippen LogP contribution in [0.4, 0.5) is 0 Å². The quantitative estimate of drug-likeness (QED) is 0.391. The number of hydrogen-bond donors (Lipinski definition) is 2. The van der Waals surface area contributed by atoms with Crippen LogP contribution in [0, 0.1) is 50.7 Å². The maximum Gasteiger partial charge on any atom is 0.0715 e. The Balaban J connectivity index is 1.61. The molecule has 32 heavy (non-hydrogen) atoms. The van der Waals surface area contributed by atoms with Crippen molar-refractivity contribution in [1.29, 1.82) is 0 Å². The van der Waals surface area contributed by atoms with Gasteiger partial charge in [-0.15, -0.1) is 0 Å². The molecule has 0 aromatic heterocycles. The zero-order valence-corrected chi connectivity index (χ0v) is 22.2. The van der Waals surface area contributed by atoms with Crippen LogP contribution in [0.1, 0.15) is 113 Å². The molecular weight excluding hydrogens is 392 g/mol. The second-order valence-corrected chi connectivity index (χ2v) is 14.9. The Hall–Kier alpha value is -0.340. The molecule has 5 rings (SSSR count). The topological polar surface area (TPSA) is 40.5 Å². The van der Waals surface area contributed by atoms with Gasteiger partial charge >= 0.3 is 0 Å². The van der Waals surface area contributed by atoms with Crippen LogP contribution in [0.15, 0.2) is 11.6 Å². The zero-order valence-electron chi connectivity index (χ0n) is 22.2. The molecule has 10 unspecified atom stereocenters. The van der Waals surface area contributed by atoms with Crippen LogP contribution in [0.3, 0.4) is 0 Å². The predicted molar refractivity (Wildman–Crippen MR) is 132 cm³/mol. The van der Waals surface area contributed by atoms with Gasteiger partial charge in [0.15, 0.2) is 0 Å². The number of fused-ring (bicyclic) bond motifs is 7. The molecule has 5 aliphatic rings. The van der Waals surface area contributed by atoms with Crippen LogP contribution in [0.2, 0.25) is 0 Å². The number of rotatable bonds is 0. The van der Waals surface area contributed by atoms with Gasteiger partial charge in [-0.3, -0.25) is 0 Å². The van der Waals surface area contributed by atoms with E-state index in [1.54, 1.807) is 5.57 Å². The molecule has 10 atom stereocenters. The first-order valence-electron chi connectivity index (χ1n) is 13.8. The highest BCUT2D eigenvalue weighted by molar-refractivity contribution is 5.35. The Morgan fingerprint density at radius 1 is 0.812 bits per heavy atom. The van der Waals surface area contributed by atoms with Gasteiger partial charge in [0.25, 0.3) is 0 Å². The van der Waals surface area contributed by atoms with E-state index in [-0.39, 0.29) is 27.8 Å². The third kappa shape index (κ3) is 2.61. The average molecular weight is 443 g/mol. The molecule has 0 spiro atoms. The minimum absolute atomic E-state index is 0.00678. The molecule has 2 nitrogen and oxygen atoms in total. The lowest BCUT2D eigenvalue weighted by atomic mass is 9.33. The van der Waals surface area contributed by atoms with Crippen molar-refractivity contribution in [3.63, 3.8) is 0 Å². The van der Waals surface area contributed by atoms with Crippen molar-refractivity contribution in [3.8, 4) is 0 Å². The second kappa shape index (κ2) is 6.66. The van der Waals surface area contributed by atoms with E-state index in [4.69, 9.17) is 0 Å². The van der Waals surface area contributed by atoms with Gasteiger partial charge in [0, 0.05) is 5.92 Å². The SMILES string of the molecule is CC1CCC2(C)CCC3(C)C(=CCC4C5(C)CCC(O)C(C)(C)C5CCC43C)C2C1(C)O. The normalized spacial score (nSPS) is 59.2. The summed E-state index contributed by atoms with van der Waals surface area (Å²) in [6.45, 7) is 19.4. The Labute approximate surface area is 197 Å². The molecule has 0 bridgehead atoms. The van der Waals surface area contributed by atoms with Crippen LogP contribution in [0.25, 0.3) is 0 Å². The molecule has 0 radical (unpaired) electrons. The maximum atomic E-state index is 11.9. The van der Waals surface area contributed by atoms with E-state index in [2.05, 4.69) is 61.5 Å². The largest absolute Gasteiger partial charge is 0.393 e. The molecule has 2 N–H and O–H groups in total. The van der Waals surface area contributed by atoms with Gasteiger partial charge in [-0.1, -0.05) is 60.1 Å². The smallest absolute Gasteiger partial charge is 0.0715 e. The molecule has 0 aromatic rings. The van der Waals surface area contributed by atoms with Crippen molar-refractivity contribution < 1.29 is 10.2 Å². The molecule has 0 heterocycles. The van der Waals surface area contributed by atoms with E-state index in [0.717, 1.165) is 25.7 Å². The minimum Gasteiger partial charge on any atom is -0.393 e. The van der Waals surface area contributed by atoms with Crippen molar-refractivity contribution in [2.45, 2.75) is 125 Å². The maximum absolute atomic E-state index is 11.9. The second-order valence-electron chi connectivity index (χ2n) is 14.9. The monoisotopic (exact) mass is 442 g/mol. The number of hydrogen-bond acceptors (Lipinski definition) is 2. The van der Waals surface area contributed by atoms with E-state index < -0.39 is 5.60 Å². The van der Waals surface area contributed by atoms with Crippen molar-refractivity contribution >= 4 is 0 Å². The summed E-state index contributed by atoms with van der Waals surface area (Å²) in [5.74, 6) is 1.93. The fourth-order valence-electron chi connectivity index (χ4n) is 10.9. The van der Waals surface area contributed by atoms with Gasteiger partial charge in [-0.2, -0.15) is 0 Å².